The van der Waals surface area contributed by atoms with E-state index in [0.717, 1.165) is 12.8 Å². The summed E-state index contributed by atoms with van der Waals surface area (Å²) in [5, 5.41) is 0. The van der Waals surface area contributed by atoms with Crippen LogP contribution in [0, 0.1) is 0 Å². The lowest BCUT2D eigenvalue weighted by Crippen LogP contribution is -2.26. The summed E-state index contributed by atoms with van der Waals surface area (Å²) >= 11 is 0. The Balaban J connectivity index is 2.68. The molecule has 2 rings (SSSR count). The number of imidazole rings is 1. The van der Waals surface area contributed by atoms with Crippen LogP contribution in [0.5, 0.6) is 0 Å². The summed E-state index contributed by atoms with van der Waals surface area (Å²) < 4.78 is 1.91. The first kappa shape index (κ1) is 11.6. The van der Waals surface area contributed by atoms with Gasteiger partial charge < -0.3 is 10.3 Å². The molecule has 0 radical (unpaired) electrons. The van der Waals surface area contributed by atoms with E-state index in [4.69, 9.17) is 5.73 Å². The number of aromatic nitrogens is 4. The molecular formula is C11H17N5O. The summed E-state index contributed by atoms with van der Waals surface area (Å²) in [7, 11) is 0. The Kier molecular flexibility index (Phi) is 2.65. The van der Waals surface area contributed by atoms with Gasteiger partial charge >= 0.3 is 0 Å². The number of fused-ring (bicyclic) bond motifs is 1. The molecule has 2 heterocycles. The van der Waals surface area contributed by atoms with Crippen LogP contribution in [0.2, 0.25) is 0 Å². The van der Waals surface area contributed by atoms with Crippen molar-refractivity contribution in [3.63, 3.8) is 0 Å². The molecule has 0 bridgehead atoms. The molecule has 2 aromatic heterocycles. The molecule has 0 unspecified atom stereocenters. The number of nitrogens with one attached hydrogen (secondary N) is 1. The normalized spacial score (nSPS) is 12.2. The van der Waals surface area contributed by atoms with E-state index in [2.05, 4.69) is 35.7 Å². The fraction of sp³-hybridized carbons (Fsp3) is 0.545. The van der Waals surface area contributed by atoms with Gasteiger partial charge in [0.1, 0.15) is 0 Å². The molecule has 2 aromatic rings. The molecule has 0 saturated heterocycles. The lowest BCUT2D eigenvalue weighted by Gasteiger charge is -2.26. The number of nitrogens with two attached hydrogens (primary N) is 1. The molecule has 0 fully saturated rings. The number of nitrogen functional groups attached to an aromatic ring is 1. The van der Waals surface area contributed by atoms with Crippen molar-refractivity contribution < 1.29 is 0 Å². The Hall–Kier alpha value is -1.85. The van der Waals surface area contributed by atoms with E-state index in [1.165, 1.54) is 0 Å². The largest absolute Gasteiger partial charge is 0.369 e. The van der Waals surface area contributed by atoms with E-state index in [0.29, 0.717) is 11.2 Å². The van der Waals surface area contributed by atoms with Crippen LogP contribution in [0.4, 0.5) is 5.95 Å². The van der Waals surface area contributed by atoms with Gasteiger partial charge in [0.05, 0.1) is 6.33 Å². The van der Waals surface area contributed by atoms with Crippen molar-refractivity contribution in [3.05, 3.63) is 16.7 Å². The van der Waals surface area contributed by atoms with Crippen LogP contribution < -0.4 is 11.3 Å². The minimum atomic E-state index is -0.293. The van der Waals surface area contributed by atoms with Gasteiger partial charge in [0.15, 0.2) is 11.2 Å². The zero-order valence-electron chi connectivity index (χ0n) is 10.3. The molecule has 17 heavy (non-hydrogen) atoms. The highest BCUT2D eigenvalue weighted by atomic mass is 16.1. The van der Waals surface area contributed by atoms with Crippen LogP contribution in [0.1, 0.15) is 33.6 Å². The third-order valence-electron chi connectivity index (χ3n) is 2.94. The molecule has 0 aliphatic carbocycles. The number of anilines is 1. The fourth-order valence-corrected chi connectivity index (χ4v) is 2.10. The van der Waals surface area contributed by atoms with Gasteiger partial charge in [-0.25, -0.2) is 4.98 Å². The summed E-state index contributed by atoms with van der Waals surface area (Å²) in [5.74, 6) is 0.122. The molecule has 0 aliphatic rings. The highest BCUT2D eigenvalue weighted by molar-refractivity contribution is 5.70. The number of hydrogen-bond donors (Lipinski definition) is 2. The van der Waals surface area contributed by atoms with E-state index >= 15 is 0 Å². The maximum Gasteiger partial charge on any atom is 0.280 e. The van der Waals surface area contributed by atoms with Crippen LogP contribution in [0.15, 0.2) is 11.1 Å². The smallest absolute Gasteiger partial charge is 0.280 e. The van der Waals surface area contributed by atoms with E-state index < -0.39 is 0 Å². The van der Waals surface area contributed by atoms with Gasteiger partial charge in [0.25, 0.3) is 5.56 Å². The number of hydrogen-bond acceptors (Lipinski definition) is 4. The predicted molar refractivity (Wildman–Crippen MR) is 66.8 cm³/mol. The van der Waals surface area contributed by atoms with Gasteiger partial charge in [0, 0.05) is 5.54 Å². The summed E-state index contributed by atoms with van der Waals surface area (Å²) in [6.45, 7) is 6.31. The Morgan fingerprint density at radius 1 is 1.53 bits per heavy atom. The van der Waals surface area contributed by atoms with Crippen molar-refractivity contribution in [2.24, 2.45) is 0 Å². The van der Waals surface area contributed by atoms with Gasteiger partial charge in [-0.2, -0.15) is 4.98 Å². The lowest BCUT2D eigenvalue weighted by atomic mass is 9.99. The Morgan fingerprint density at radius 2 is 2.24 bits per heavy atom. The second kappa shape index (κ2) is 3.87. The fourth-order valence-electron chi connectivity index (χ4n) is 2.10. The van der Waals surface area contributed by atoms with Gasteiger partial charge in [0.2, 0.25) is 5.95 Å². The second-order valence-electron chi connectivity index (χ2n) is 4.80. The average molecular weight is 235 g/mol. The molecule has 6 nitrogen and oxygen atoms in total. The van der Waals surface area contributed by atoms with Gasteiger partial charge in [-0.1, -0.05) is 13.3 Å². The Morgan fingerprint density at radius 3 is 2.88 bits per heavy atom. The summed E-state index contributed by atoms with van der Waals surface area (Å²) in [4.78, 5) is 22.4. The van der Waals surface area contributed by atoms with E-state index in [9.17, 15) is 4.79 Å². The summed E-state index contributed by atoms with van der Waals surface area (Å²) in [6.07, 6.45) is 3.68. The molecule has 6 heteroatoms. The molecular weight excluding hydrogens is 218 g/mol. The minimum Gasteiger partial charge on any atom is -0.369 e. The van der Waals surface area contributed by atoms with Crippen molar-refractivity contribution in [1.82, 2.24) is 19.5 Å². The second-order valence-corrected chi connectivity index (χ2v) is 4.80. The Labute approximate surface area is 98.9 Å². The minimum absolute atomic E-state index is 0.122. The first-order chi connectivity index (χ1) is 7.95. The van der Waals surface area contributed by atoms with E-state index in [1.807, 2.05) is 4.57 Å². The average Bonchev–Trinajstić information content (AvgIpc) is 2.61. The lowest BCUT2D eigenvalue weighted by molar-refractivity contribution is 0.331. The zero-order valence-corrected chi connectivity index (χ0v) is 10.3. The molecule has 0 spiro atoms. The van der Waals surface area contributed by atoms with Crippen LogP contribution in [-0.4, -0.2) is 19.5 Å². The van der Waals surface area contributed by atoms with E-state index in [-0.39, 0.29) is 17.0 Å². The molecule has 0 saturated carbocycles. The molecule has 92 valence electrons. The third kappa shape index (κ3) is 1.90. The van der Waals surface area contributed by atoms with Crippen LogP contribution in [-0.2, 0) is 5.54 Å². The molecule has 0 amide bonds. The monoisotopic (exact) mass is 235 g/mol. The highest BCUT2D eigenvalue weighted by Gasteiger charge is 2.23. The Bertz CT molecular complexity index is 595. The third-order valence-corrected chi connectivity index (χ3v) is 2.94. The molecule has 0 aliphatic heterocycles. The van der Waals surface area contributed by atoms with Gasteiger partial charge in [-0.3, -0.25) is 9.78 Å². The van der Waals surface area contributed by atoms with Gasteiger partial charge in [-0.05, 0) is 20.3 Å². The molecule has 0 aromatic carbocycles. The van der Waals surface area contributed by atoms with Crippen molar-refractivity contribution in [3.8, 4) is 0 Å². The van der Waals surface area contributed by atoms with Crippen molar-refractivity contribution >= 4 is 17.1 Å². The maximum absolute atomic E-state index is 11.6. The zero-order chi connectivity index (χ0) is 12.6. The topological polar surface area (TPSA) is 89.6 Å². The molecule has 0 atom stereocenters. The van der Waals surface area contributed by atoms with Crippen LogP contribution in [0.3, 0.4) is 0 Å². The van der Waals surface area contributed by atoms with E-state index in [1.54, 1.807) is 6.33 Å². The maximum atomic E-state index is 11.6. The van der Waals surface area contributed by atoms with Crippen molar-refractivity contribution in [2.45, 2.75) is 39.2 Å². The number of aromatic amines is 1. The predicted octanol–water partition coefficient (Wildman–Crippen LogP) is 1.24. The highest BCUT2D eigenvalue weighted by Crippen LogP contribution is 2.24. The van der Waals surface area contributed by atoms with Gasteiger partial charge in [-0.15, -0.1) is 0 Å². The van der Waals surface area contributed by atoms with Crippen LogP contribution in [0.25, 0.3) is 11.2 Å². The SMILES string of the molecule is CCCC(C)(C)n1cnc2c(=O)[nH]c(N)nc21. The number of H-pyrrole nitrogens is 1. The van der Waals surface area contributed by atoms with Crippen molar-refractivity contribution in [1.29, 1.82) is 0 Å². The number of nitrogens with zero attached hydrogens (tertiary/aromatic N) is 3. The van der Waals surface area contributed by atoms with Crippen LogP contribution >= 0.6 is 0 Å². The molecule has 3 N–H and O–H groups in total. The first-order valence-corrected chi connectivity index (χ1v) is 5.69. The summed E-state index contributed by atoms with van der Waals surface area (Å²) in [5.41, 5.74) is 6.02. The quantitative estimate of drug-likeness (QED) is 0.837. The number of rotatable bonds is 3. The summed E-state index contributed by atoms with van der Waals surface area (Å²) in [6, 6.07) is 0. The standard InChI is InChI=1S/C11H17N5O/c1-4-5-11(2,3)16-6-13-7-8(16)14-10(12)15-9(7)17/h6H,4-5H2,1-3H3,(H3,12,14,15,17). The first-order valence-electron chi connectivity index (χ1n) is 5.69. The van der Waals surface area contributed by atoms with Crippen molar-refractivity contribution in [2.75, 3.05) is 5.73 Å².